The summed E-state index contributed by atoms with van der Waals surface area (Å²) in [5.41, 5.74) is 2.16. The van der Waals surface area contributed by atoms with Gasteiger partial charge in [0.2, 0.25) is 11.8 Å². The highest BCUT2D eigenvalue weighted by atomic mass is 32.1. The van der Waals surface area contributed by atoms with Crippen molar-refractivity contribution in [1.29, 1.82) is 0 Å². The van der Waals surface area contributed by atoms with Gasteiger partial charge in [-0.1, -0.05) is 50.2 Å². The van der Waals surface area contributed by atoms with Crippen LogP contribution in [0.25, 0.3) is 0 Å². The lowest BCUT2D eigenvalue weighted by atomic mass is 10.0. The van der Waals surface area contributed by atoms with Crippen molar-refractivity contribution in [3.8, 4) is 0 Å². The Labute approximate surface area is 254 Å². The summed E-state index contributed by atoms with van der Waals surface area (Å²) in [6.07, 6.45) is 4.06. The van der Waals surface area contributed by atoms with Crippen LogP contribution in [-0.4, -0.2) is 57.2 Å². The average Bonchev–Trinajstić information content (AvgIpc) is 3.68. The Balaban J connectivity index is 1.46. The van der Waals surface area contributed by atoms with Gasteiger partial charge in [-0.05, 0) is 30.0 Å². The average molecular weight is 602 g/mol. The molecule has 12 heteroatoms. The topological polar surface area (TPSA) is 142 Å². The molecule has 0 saturated carbocycles. The standard InChI is InChI=1S/C31H35N7O4S/c1-20(2)14-24-31-37-26(19-43-31)28(40)33-12-13-38(16-22-10-6-7-11-32-22)17-27(39)34-23(15-21-8-4-3-5-9-21)30-36-25(18-42-30)29(41)35-24/h3-11,18-20,23-24H,12-17H2,1-2H3,(H,33,40)(H,34,39)(H,35,41)/t23-,24-/m0/s1. The number of carbonyl (C=O) groups is 3. The molecule has 1 aromatic carbocycles. The van der Waals surface area contributed by atoms with Crippen LogP contribution in [0, 0.1) is 5.92 Å². The Morgan fingerprint density at radius 3 is 2.56 bits per heavy atom. The first-order valence-electron chi connectivity index (χ1n) is 14.3. The zero-order valence-corrected chi connectivity index (χ0v) is 25.0. The van der Waals surface area contributed by atoms with Crippen LogP contribution in [0.4, 0.5) is 0 Å². The van der Waals surface area contributed by atoms with E-state index in [0.717, 1.165) is 11.3 Å². The van der Waals surface area contributed by atoms with Crippen molar-refractivity contribution >= 4 is 29.1 Å². The number of oxazole rings is 1. The van der Waals surface area contributed by atoms with E-state index in [1.54, 1.807) is 11.6 Å². The molecule has 3 aromatic heterocycles. The van der Waals surface area contributed by atoms with E-state index in [1.165, 1.54) is 17.6 Å². The summed E-state index contributed by atoms with van der Waals surface area (Å²) < 4.78 is 5.79. The van der Waals surface area contributed by atoms with Crippen LogP contribution in [0.2, 0.25) is 0 Å². The quantitative estimate of drug-likeness (QED) is 0.304. The van der Waals surface area contributed by atoms with Crippen LogP contribution in [0.15, 0.2) is 70.8 Å². The van der Waals surface area contributed by atoms with Crippen LogP contribution in [0.1, 0.15) is 75.5 Å². The van der Waals surface area contributed by atoms with Gasteiger partial charge in [-0.3, -0.25) is 24.3 Å². The van der Waals surface area contributed by atoms with Crippen LogP contribution >= 0.6 is 11.3 Å². The first kappa shape index (κ1) is 30.1. The fourth-order valence-electron chi connectivity index (χ4n) is 4.87. The number of nitrogens with zero attached hydrogens (tertiary/aromatic N) is 4. The highest BCUT2D eigenvalue weighted by Crippen LogP contribution is 2.26. The molecule has 0 unspecified atom stereocenters. The third kappa shape index (κ3) is 8.33. The minimum absolute atomic E-state index is 0.0452. The summed E-state index contributed by atoms with van der Waals surface area (Å²) in [6, 6.07) is 14.3. The van der Waals surface area contributed by atoms with Crippen molar-refractivity contribution in [1.82, 2.24) is 35.8 Å². The van der Waals surface area contributed by atoms with Gasteiger partial charge in [0.05, 0.1) is 18.3 Å². The van der Waals surface area contributed by atoms with E-state index in [1.807, 2.05) is 53.4 Å². The summed E-state index contributed by atoms with van der Waals surface area (Å²) in [6.45, 7) is 5.28. The number of rotatable bonds is 6. The Hall–Kier alpha value is -4.42. The fourth-order valence-corrected chi connectivity index (χ4v) is 5.74. The molecule has 0 aliphatic carbocycles. The maximum atomic E-state index is 13.4. The van der Waals surface area contributed by atoms with Gasteiger partial charge >= 0.3 is 0 Å². The Morgan fingerprint density at radius 1 is 0.977 bits per heavy atom. The smallest absolute Gasteiger partial charge is 0.273 e. The van der Waals surface area contributed by atoms with Crippen LogP contribution in [-0.2, 0) is 17.8 Å². The molecule has 224 valence electrons. The third-order valence-electron chi connectivity index (χ3n) is 6.93. The largest absolute Gasteiger partial charge is 0.446 e. The van der Waals surface area contributed by atoms with E-state index in [0.29, 0.717) is 37.5 Å². The maximum absolute atomic E-state index is 13.4. The van der Waals surface area contributed by atoms with Gasteiger partial charge in [-0.2, -0.15) is 0 Å². The molecule has 11 nitrogen and oxygen atoms in total. The molecule has 3 N–H and O–H groups in total. The van der Waals surface area contributed by atoms with Gasteiger partial charge in [-0.25, -0.2) is 9.97 Å². The lowest BCUT2D eigenvalue weighted by molar-refractivity contribution is -0.123. The number of thiazole rings is 1. The molecule has 0 fully saturated rings. The molecule has 5 rings (SSSR count). The number of amides is 3. The Kier molecular flexibility index (Phi) is 9.90. The van der Waals surface area contributed by atoms with Crippen molar-refractivity contribution in [2.24, 2.45) is 5.92 Å². The zero-order chi connectivity index (χ0) is 30.2. The van der Waals surface area contributed by atoms with Crippen molar-refractivity contribution in [3.05, 3.63) is 99.9 Å². The number of fused-ring (bicyclic) bond motifs is 4. The number of hydrogen-bond donors (Lipinski definition) is 3. The molecule has 4 bridgehead atoms. The fraction of sp³-hybridized carbons (Fsp3) is 0.355. The summed E-state index contributed by atoms with van der Waals surface area (Å²) in [4.78, 5) is 55.1. The summed E-state index contributed by atoms with van der Waals surface area (Å²) in [7, 11) is 0. The molecule has 43 heavy (non-hydrogen) atoms. The summed E-state index contributed by atoms with van der Waals surface area (Å²) in [5, 5.41) is 11.3. The molecule has 0 radical (unpaired) electrons. The predicted molar refractivity (Wildman–Crippen MR) is 161 cm³/mol. The van der Waals surface area contributed by atoms with Crippen molar-refractivity contribution in [2.45, 2.75) is 45.3 Å². The van der Waals surface area contributed by atoms with Gasteiger partial charge in [-0.15, -0.1) is 11.3 Å². The van der Waals surface area contributed by atoms with Crippen molar-refractivity contribution < 1.29 is 18.8 Å². The Bertz CT molecular complexity index is 1520. The summed E-state index contributed by atoms with van der Waals surface area (Å²) in [5.74, 6) is -0.495. The summed E-state index contributed by atoms with van der Waals surface area (Å²) >= 11 is 1.33. The SMILES string of the molecule is CC(C)C[C@@H]1NC(=O)c2coc(n2)[C@H](Cc2ccccc2)NC(=O)CN(Cc2ccccn2)CCNC(=O)c2csc1n2. The number of nitrogens with one attached hydrogen (secondary N) is 3. The molecule has 1 aliphatic heterocycles. The second-order valence-electron chi connectivity index (χ2n) is 10.9. The van der Waals surface area contributed by atoms with Gasteiger partial charge in [0.1, 0.15) is 23.0 Å². The molecule has 2 atom stereocenters. The molecule has 4 heterocycles. The second kappa shape index (κ2) is 14.2. The minimum Gasteiger partial charge on any atom is -0.446 e. The van der Waals surface area contributed by atoms with Crippen LogP contribution in [0.3, 0.4) is 0 Å². The molecule has 1 aliphatic rings. The molecular weight excluding hydrogens is 566 g/mol. The first-order chi connectivity index (χ1) is 20.8. The van der Waals surface area contributed by atoms with Gasteiger partial charge in [0.15, 0.2) is 5.69 Å². The van der Waals surface area contributed by atoms with Crippen molar-refractivity contribution in [3.63, 3.8) is 0 Å². The second-order valence-corrected chi connectivity index (χ2v) is 11.8. The monoisotopic (exact) mass is 601 g/mol. The van der Waals surface area contributed by atoms with Gasteiger partial charge < -0.3 is 20.4 Å². The lowest BCUT2D eigenvalue weighted by Gasteiger charge is -2.23. The lowest BCUT2D eigenvalue weighted by Crippen LogP contribution is -2.42. The highest BCUT2D eigenvalue weighted by molar-refractivity contribution is 7.09. The molecular formula is C31H35N7O4S. The molecule has 0 saturated heterocycles. The van der Waals surface area contributed by atoms with E-state index in [2.05, 4.69) is 44.7 Å². The van der Waals surface area contributed by atoms with E-state index in [-0.39, 0.29) is 41.6 Å². The van der Waals surface area contributed by atoms with E-state index in [4.69, 9.17) is 4.42 Å². The molecule has 3 amide bonds. The first-order valence-corrected chi connectivity index (χ1v) is 15.2. The maximum Gasteiger partial charge on any atom is 0.273 e. The third-order valence-corrected chi connectivity index (χ3v) is 7.89. The highest BCUT2D eigenvalue weighted by Gasteiger charge is 2.27. The Morgan fingerprint density at radius 2 is 1.79 bits per heavy atom. The van der Waals surface area contributed by atoms with Crippen LogP contribution in [0.5, 0.6) is 0 Å². The number of benzene rings is 1. The molecule has 4 aromatic rings. The van der Waals surface area contributed by atoms with Gasteiger partial charge in [0.25, 0.3) is 11.8 Å². The zero-order valence-electron chi connectivity index (χ0n) is 24.2. The molecule has 0 spiro atoms. The van der Waals surface area contributed by atoms with Gasteiger partial charge in [0, 0.05) is 37.6 Å². The van der Waals surface area contributed by atoms with Crippen molar-refractivity contribution in [2.75, 3.05) is 19.6 Å². The van der Waals surface area contributed by atoms with E-state index < -0.39 is 18.0 Å². The normalized spacial score (nSPS) is 18.8. The number of carbonyl (C=O) groups excluding carboxylic acids is 3. The number of hydrogen-bond acceptors (Lipinski definition) is 9. The minimum atomic E-state index is -0.611. The predicted octanol–water partition coefficient (Wildman–Crippen LogP) is 3.69. The number of pyridine rings is 1. The van der Waals surface area contributed by atoms with E-state index >= 15 is 0 Å². The number of aromatic nitrogens is 3. The van der Waals surface area contributed by atoms with Crippen LogP contribution < -0.4 is 16.0 Å². The van der Waals surface area contributed by atoms with E-state index in [9.17, 15) is 14.4 Å².